The molecule has 0 N–H and O–H groups in total. The molecule has 0 aliphatic heterocycles. The molecule has 1 aromatic carbocycles. The van der Waals surface area contributed by atoms with Crippen molar-refractivity contribution in [2.45, 2.75) is 19.9 Å². The second-order valence-electron chi connectivity index (χ2n) is 4.74. The molecule has 0 unspecified atom stereocenters. The third-order valence-corrected chi connectivity index (χ3v) is 5.03. The number of hydrogen-bond acceptors (Lipinski definition) is 3. The first-order valence-corrected chi connectivity index (χ1v) is 8.38. The topological polar surface area (TPSA) is 54.5 Å². The Labute approximate surface area is 121 Å². The molecule has 0 spiro atoms. The Morgan fingerprint density at radius 3 is 2.45 bits per heavy atom. The van der Waals surface area contributed by atoms with Gasteiger partial charge in [0.05, 0.1) is 5.75 Å². The molecule has 0 aliphatic rings. The molecule has 0 aromatic heterocycles. The summed E-state index contributed by atoms with van der Waals surface area (Å²) >= 11 is 0. The fourth-order valence-corrected chi connectivity index (χ4v) is 2.86. The predicted molar refractivity (Wildman–Crippen MR) is 82.0 cm³/mol. The number of nitrogens with zero attached hydrogens (tertiary/aromatic N) is 1. The molecule has 0 saturated heterocycles. The first-order valence-electron chi connectivity index (χ1n) is 6.56. The molecule has 0 aliphatic carbocycles. The smallest absolute Gasteiger partial charge is 0.246 e. The monoisotopic (exact) mass is 295 g/mol. The molecule has 0 radical (unpaired) electrons. The molecule has 5 heteroatoms. The molecule has 1 atom stereocenters. The average Bonchev–Trinajstić information content (AvgIpc) is 2.44. The van der Waals surface area contributed by atoms with E-state index in [1.165, 1.54) is 11.0 Å². The van der Waals surface area contributed by atoms with Gasteiger partial charge in [0.1, 0.15) is 0 Å². The van der Waals surface area contributed by atoms with Gasteiger partial charge in [0.25, 0.3) is 0 Å². The SMILES string of the molecule is CCS(=O)(=O)C[C@@H](C)N(C)C(=O)/C=C\c1ccccc1. The lowest BCUT2D eigenvalue weighted by molar-refractivity contribution is -0.126. The van der Waals surface area contributed by atoms with Crippen LogP contribution in [0.2, 0.25) is 0 Å². The van der Waals surface area contributed by atoms with E-state index >= 15 is 0 Å². The van der Waals surface area contributed by atoms with Crippen LogP contribution < -0.4 is 0 Å². The van der Waals surface area contributed by atoms with Crippen LogP contribution in [0.5, 0.6) is 0 Å². The van der Waals surface area contributed by atoms with Crippen molar-refractivity contribution in [3.8, 4) is 0 Å². The molecular formula is C15H21NO3S. The summed E-state index contributed by atoms with van der Waals surface area (Å²) in [5.74, 6) is -0.114. The van der Waals surface area contributed by atoms with Crippen LogP contribution in [0.4, 0.5) is 0 Å². The van der Waals surface area contributed by atoms with E-state index in [1.54, 1.807) is 27.0 Å². The van der Waals surface area contributed by atoms with E-state index in [-0.39, 0.29) is 23.5 Å². The van der Waals surface area contributed by atoms with Crippen molar-refractivity contribution in [2.75, 3.05) is 18.6 Å². The summed E-state index contributed by atoms with van der Waals surface area (Å²) in [6, 6.07) is 9.15. The molecule has 1 amide bonds. The van der Waals surface area contributed by atoms with Gasteiger partial charge in [-0.1, -0.05) is 37.3 Å². The van der Waals surface area contributed by atoms with Gasteiger partial charge >= 0.3 is 0 Å². The van der Waals surface area contributed by atoms with E-state index in [4.69, 9.17) is 0 Å². The molecule has 4 nitrogen and oxygen atoms in total. The van der Waals surface area contributed by atoms with Crippen LogP contribution in [-0.2, 0) is 14.6 Å². The zero-order valence-electron chi connectivity index (χ0n) is 12.1. The number of amides is 1. The highest BCUT2D eigenvalue weighted by Crippen LogP contribution is 2.05. The number of sulfone groups is 1. The summed E-state index contributed by atoms with van der Waals surface area (Å²) in [5.41, 5.74) is 0.933. The summed E-state index contributed by atoms with van der Waals surface area (Å²) < 4.78 is 23.1. The van der Waals surface area contributed by atoms with E-state index in [2.05, 4.69) is 0 Å². The third-order valence-electron chi connectivity index (χ3n) is 3.16. The fourth-order valence-electron chi connectivity index (χ4n) is 1.66. The Morgan fingerprint density at radius 1 is 1.30 bits per heavy atom. The maximum atomic E-state index is 12.0. The van der Waals surface area contributed by atoms with E-state index < -0.39 is 9.84 Å². The molecule has 1 aromatic rings. The number of rotatable bonds is 6. The lowest BCUT2D eigenvalue weighted by Crippen LogP contribution is -2.38. The summed E-state index contributed by atoms with van der Waals surface area (Å²) in [4.78, 5) is 13.4. The van der Waals surface area contributed by atoms with E-state index in [1.807, 2.05) is 30.3 Å². The first kappa shape index (κ1) is 16.4. The van der Waals surface area contributed by atoms with Crippen LogP contribution in [0.1, 0.15) is 19.4 Å². The zero-order valence-corrected chi connectivity index (χ0v) is 12.9. The molecule has 0 heterocycles. The largest absolute Gasteiger partial charge is 0.338 e. The maximum absolute atomic E-state index is 12.0. The van der Waals surface area contributed by atoms with Gasteiger partial charge in [-0.15, -0.1) is 0 Å². The number of carbonyl (C=O) groups excluding carboxylic acids is 1. The van der Waals surface area contributed by atoms with Crippen LogP contribution in [-0.4, -0.2) is 43.8 Å². The summed E-state index contributed by atoms with van der Waals surface area (Å²) in [5, 5.41) is 0. The third kappa shape index (κ3) is 5.17. The molecule has 0 fully saturated rings. The van der Waals surface area contributed by atoms with Gasteiger partial charge in [0.2, 0.25) is 5.91 Å². The van der Waals surface area contributed by atoms with E-state index in [9.17, 15) is 13.2 Å². The highest BCUT2D eigenvalue weighted by atomic mass is 32.2. The number of carbonyl (C=O) groups is 1. The van der Waals surface area contributed by atoms with Gasteiger partial charge < -0.3 is 4.90 Å². The number of hydrogen-bond donors (Lipinski definition) is 0. The lowest BCUT2D eigenvalue weighted by Gasteiger charge is -2.23. The summed E-state index contributed by atoms with van der Waals surface area (Å²) in [6.45, 7) is 3.35. The molecule has 20 heavy (non-hydrogen) atoms. The highest BCUT2D eigenvalue weighted by molar-refractivity contribution is 7.91. The number of likely N-dealkylation sites (N-methyl/N-ethyl adjacent to an activating group) is 1. The Balaban J connectivity index is 2.65. The van der Waals surface area contributed by atoms with Crippen LogP contribution in [0.25, 0.3) is 6.08 Å². The zero-order chi connectivity index (χ0) is 15.2. The predicted octanol–water partition coefficient (Wildman–Crippen LogP) is 1.98. The van der Waals surface area contributed by atoms with E-state index in [0.29, 0.717) is 0 Å². The van der Waals surface area contributed by atoms with Gasteiger partial charge in [0.15, 0.2) is 9.84 Å². The van der Waals surface area contributed by atoms with Crippen molar-refractivity contribution >= 4 is 21.8 Å². The number of benzene rings is 1. The van der Waals surface area contributed by atoms with Gasteiger partial charge in [-0.05, 0) is 18.6 Å². The standard InChI is InChI=1S/C15H21NO3S/c1-4-20(18,19)12-13(2)16(3)15(17)11-10-14-8-6-5-7-9-14/h5-11,13H,4,12H2,1-3H3/b11-10-/t13-/m1/s1. The fraction of sp³-hybridized carbons (Fsp3) is 0.400. The van der Waals surface area contributed by atoms with Crippen molar-refractivity contribution in [3.05, 3.63) is 42.0 Å². The van der Waals surface area contributed by atoms with E-state index in [0.717, 1.165) is 5.56 Å². The second kappa shape index (κ2) is 7.24. The van der Waals surface area contributed by atoms with Gasteiger partial charge in [0, 0.05) is 24.9 Å². The first-order chi connectivity index (χ1) is 9.35. The Hall–Kier alpha value is -1.62. The lowest BCUT2D eigenvalue weighted by atomic mass is 10.2. The van der Waals surface area contributed by atoms with Gasteiger partial charge in [-0.25, -0.2) is 8.42 Å². The normalized spacial score (nSPS) is 13.3. The van der Waals surface area contributed by atoms with Crippen molar-refractivity contribution in [3.63, 3.8) is 0 Å². The quantitative estimate of drug-likeness (QED) is 0.754. The molecule has 1 rings (SSSR count). The minimum absolute atomic E-state index is 0.00901. The summed E-state index contributed by atoms with van der Waals surface area (Å²) in [7, 11) is -1.46. The highest BCUT2D eigenvalue weighted by Gasteiger charge is 2.19. The Morgan fingerprint density at radius 2 is 1.90 bits per heavy atom. The molecule has 110 valence electrons. The van der Waals surface area contributed by atoms with Crippen molar-refractivity contribution in [1.82, 2.24) is 4.90 Å². The van der Waals surface area contributed by atoms with Crippen molar-refractivity contribution < 1.29 is 13.2 Å². The molecule has 0 bridgehead atoms. The van der Waals surface area contributed by atoms with Crippen molar-refractivity contribution in [1.29, 1.82) is 0 Å². The minimum atomic E-state index is -3.08. The van der Waals surface area contributed by atoms with Gasteiger partial charge in [-0.3, -0.25) is 4.79 Å². The van der Waals surface area contributed by atoms with Crippen molar-refractivity contribution in [2.24, 2.45) is 0 Å². The van der Waals surface area contributed by atoms with Crippen LogP contribution >= 0.6 is 0 Å². The molecule has 0 saturated carbocycles. The Kier molecular flexibility index (Phi) is 5.95. The summed E-state index contributed by atoms with van der Waals surface area (Å²) in [6.07, 6.45) is 3.18. The Bertz CT molecular complexity index is 564. The maximum Gasteiger partial charge on any atom is 0.246 e. The van der Waals surface area contributed by atoms with Crippen LogP contribution in [0, 0.1) is 0 Å². The average molecular weight is 295 g/mol. The minimum Gasteiger partial charge on any atom is -0.338 e. The van der Waals surface area contributed by atoms with Gasteiger partial charge in [-0.2, -0.15) is 0 Å². The van der Waals surface area contributed by atoms with Crippen LogP contribution in [0.15, 0.2) is 36.4 Å². The second-order valence-corrected chi connectivity index (χ2v) is 7.14. The van der Waals surface area contributed by atoms with Crippen LogP contribution in [0.3, 0.4) is 0 Å². The molecular weight excluding hydrogens is 274 g/mol.